The van der Waals surface area contributed by atoms with Gasteiger partial charge in [-0.1, -0.05) is 12.1 Å². The third kappa shape index (κ3) is 3.48. The van der Waals surface area contributed by atoms with Crippen molar-refractivity contribution in [3.05, 3.63) is 79.1 Å². The standard InChI is InChI=1S/C18H16FN3O5/c1-11-15(9-14(21(24)25)10-17(11)22(26)27)18(23)20-8-2-3-16(20)12-4-6-13(19)7-5-12/h4-7,9-10,16H,2-3,8H2,1H3. The maximum atomic E-state index is 13.2. The average molecular weight is 373 g/mol. The normalized spacial score (nSPS) is 16.4. The lowest BCUT2D eigenvalue weighted by Crippen LogP contribution is -2.31. The molecule has 0 spiro atoms. The molecule has 0 aliphatic carbocycles. The molecular weight excluding hydrogens is 357 g/mol. The molecule has 2 aromatic carbocycles. The topological polar surface area (TPSA) is 107 Å². The quantitative estimate of drug-likeness (QED) is 0.596. The second-order valence-electron chi connectivity index (χ2n) is 6.36. The van der Waals surface area contributed by atoms with Gasteiger partial charge < -0.3 is 4.90 Å². The fraction of sp³-hybridized carbons (Fsp3) is 0.278. The first-order chi connectivity index (χ1) is 12.8. The van der Waals surface area contributed by atoms with Gasteiger partial charge in [-0.2, -0.15) is 0 Å². The number of likely N-dealkylation sites (tertiary alicyclic amines) is 1. The molecule has 1 fully saturated rings. The summed E-state index contributed by atoms with van der Waals surface area (Å²) in [5, 5.41) is 22.4. The van der Waals surface area contributed by atoms with E-state index < -0.39 is 27.1 Å². The number of rotatable bonds is 4. The SMILES string of the molecule is Cc1c(C(=O)N2CCCC2c2ccc(F)cc2)cc([N+](=O)[O-])cc1[N+](=O)[O-]. The van der Waals surface area contributed by atoms with E-state index in [2.05, 4.69) is 0 Å². The summed E-state index contributed by atoms with van der Waals surface area (Å²) in [5.74, 6) is -0.897. The summed E-state index contributed by atoms with van der Waals surface area (Å²) in [6.45, 7) is 1.81. The molecule has 1 aliphatic heterocycles. The van der Waals surface area contributed by atoms with Crippen LogP contribution in [0.5, 0.6) is 0 Å². The van der Waals surface area contributed by atoms with Crippen molar-refractivity contribution < 1.29 is 19.0 Å². The molecule has 0 bridgehead atoms. The summed E-state index contributed by atoms with van der Waals surface area (Å²) in [6, 6.07) is 7.41. The molecule has 1 amide bonds. The number of nitro groups is 2. The number of hydrogen-bond acceptors (Lipinski definition) is 5. The van der Waals surface area contributed by atoms with Crippen LogP contribution in [-0.2, 0) is 0 Å². The molecule has 27 heavy (non-hydrogen) atoms. The Morgan fingerprint density at radius 1 is 1.15 bits per heavy atom. The first kappa shape index (κ1) is 18.4. The van der Waals surface area contributed by atoms with Gasteiger partial charge in [0.15, 0.2) is 0 Å². The van der Waals surface area contributed by atoms with Gasteiger partial charge in [0.2, 0.25) is 0 Å². The van der Waals surface area contributed by atoms with Crippen molar-refractivity contribution in [2.24, 2.45) is 0 Å². The third-order valence-corrected chi connectivity index (χ3v) is 4.77. The summed E-state index contributed by atoms with van der Waals surface area (Å²) < 4.78 is 13.2. The van der Waals surface area contributed by atoms with E-state index in [0.717, 1.165) is 17.7 Å². The van der Waals surface area contributed by atoms with E-state index in [1.54, 1.807) is 12.1 Å². The highest BCUT2D eigenvalue weighted by atomic mass is 19.1. The third-order valence-electron chi connectivity index (χ3n) is 4.77. The molecule has 0 radical (unpaired) electrons. The zero-order valence-electron chi connectivity index (χ0n) is 14.4. The molecule has 2 aromatic rings. The van der Waals surface area contributed by atoms with Crippen molar-refractivity contribution in [3.8, 4) is 0 Å². The Balaban J connectivity index is 2.02. The van der Waals surface area contributed by atoms with E-state index in [1.165, 1.54) is 24.0 Å². The maximum Gasteiger partial charge on any atom is 0.279 e. The number of non-ortho nitro benzene ring substituents is 1. The van der Waals surface area contributed by atoms with Crippen molar-refractivity contribution in [2.45, 2.75) is 25.8 Å². The van der Waals surface area contributed by atoms with Gasteiger partial charge in [0.05, 0.1) is 27.5 Å². The Hall–Kier alpha value is -3.36. The molecule has 0 aromatic heterocycles. The Kier molecular flexibility index (Phi) is 4.85. The highest BCUT2D eigenvalue weighted by Crippen LogP contribution is 2.35. The first-order valence-corrected chi connectivity index (χ1v) is 8.29. The van der Waals surface area contributed by atoms with Crippen molar-refractivity contribution in [1.82, 2.24) is 4.90 Å². The van der Waals surface area contributed by atoms with E-state index in [1.807, 2.05) is 0 Å². The lowest BCUT2D eigenvalue weighted by molar-refractivity contribution is -0.394. The van der Waals surface area contributed by atoms with Crippen molar-refractivity contribution in [3.63, 3.8) is 0 Å². The van der Waals surface area contributed by atoms with Crippen LogP contribution in [0.2, 0.25) is 0 Å². The number of nitro benzene ring substituents is 2. The second kappa shape index (κ2) is 7.10. The summed E-state index contributed by atoms with van der Waals surface area (Å²) in [5.41, 5.74) is -0.205. The molecule has 3 rings (SSSR count). The Morgan fingerprint density at radius 3 is 2.41 bits per heavy atom. The Labute approximate surface area is 153 Å². The number of amides is 1. The molecule has 1 unspecified atom stereocenters. The molecule has 8 nitrogen and oxygen atoms in total. The summed E-state index contributed by atoms with van der Waals surface area (Å²) in [6.07, 6.45) is 1.37. The summed E-state index contributed by atoms with van der Waals surface area (Å²) in [4.78, 5) is 35.5. The molecule has 1 heterocycles. The van der Waals surface area contributed by atoms with Crippen molar-refractivity contribution in [2.75, 3.05) is 6.54 Å². The minimum atomic E-state index is -0.759. The van der Waals surface area contributed by atoms with Gasteiger partial charge in [-0.25, -0.2) is 4.39 Å². The van der Waals surface area contributed by atoms with Crippen LogP contribution >= 0.6 is 0 Å². The lowest BCUT2D eigenvalue weighted by Gasteiger charge is -2.25. The van der Waals surface area contributed by atoms with Crippen LogP contribution in [0.1, 0.15) is 40.4 Å². The predicted molar refractivity (Wildman–Crippen MR) is 93.9 cm³/mol. The number of halogens is 1. The van der Waals surface area contributed by atoms with Crippen LogP contribution in [0, 0.1) is 33.0 Å². The summed E-state index contributed by atoms with van der Waals surface area (Å²) >= 11 is 0. The minimum Gasteiger partial charge on any atom is -0.332 e. The van der Waals surface area contributed by atoms with Gasteiger partial charge in [-0.15, -0.1) is 0 Å². The van der Waals surface area contributed by atoms with Crippen LogP contribution in [0.25, 0.3) is 0 Å². The van der Waals surface area contributed by atoms with Gasteiger partial charge in [-0.05, 0) is 37.5 Å². The molecule has 0 N–H and O–H groups in total. The fourth-order valence-corrected chi connectivity index (χ4v) is 3.40. The van der Waals surface area contributed by atoms with Crippen LogP contribution < -0.4 is 0 Å². The maximum absolute atomic E-state index is 13.2. The number of benzene rings is 2. The number of carbonyl (C=O) groups excluding carboxylic acids is 1. The minimum absolute atomic E-state index is 0.0649. The molecule has 0 saturated carbocycles. The first-order valence-electron chi connectivity index (χ1n) is 8.29. The number of hydrogen-bond donors (Lipinski definition) is 0. The summed E-state index contributed by atoms with van der Waals surface area (Å²) in [7, 11) is 0. The molecule has 140 valence electrons. The molecule has 9 heteroatoms. The zero-order valence-corrected chi connectivity index (χ0v) is 14.4. The second-order valence-corrected chi connectivity index (χ2v) is 6.36. The lowest BCUT2D eigenvalue weighted by atomic mass is 10.0. The van der Waals surface area contributed by atoms with Crippen LogP contribution in [0.4, 0.5) is 15.8 Å². The molecular formula is C18H16FN3O5. The van der Waals surface area contributed by atoms with Crippen molar-refractivity contribution in [1.29, 1.82) is 0 Å². The fourth-order valence-electron chi connectivity index (χ4n) is 3.40. The molecule has 1 atom stereocenters. The van der Waals surface area contributed by atoms with Gasteiger partial charge in [0.25, 0.3) is 17.3 Å². The predicted octanol–water partition coefficient (Wildman–Crippen LogP) is 3.93. The largest absolute Gasteiger partial charge is 0.332 e. The van der Waals surface area contributed by atoms with E-state index >= 15 is 0 Å². The highest BCUT2D eigenvalue weighted by molar-refractivity contribution is 5.97. The van der Waals surface area contributed by atoms with Crippen LogP contribution in [-0.4, -0.2) is 27.2 Å². The number of nitrogens with zero attached hydrogens (tertiary/aromatic N) is 3. The zero-order chi connectivity index (χ0) is 19.7. The van der Waals surface area contributed by atoms with E-state index in [-0.39, 0.29) is 23.0 Å². The smallest absolute Gasteiger partial charge is 0.279 e. The van der Waals surface area contributed by atoms with Crippen LogP contribution in [0.3, 0.4) is 0 Å². The number of carbonyl (C=O) groups is 1. The van der Waals surface area contributed by atoms with Crippen LogP contribution in [0.15, 0.2) is 36.4 Å². The van der Waals surface area contributed by atoms with Crippen molar-refractivity contribution >= 4 is 17.3 Å². The molecule has 1 saturated heterocycles. The van der Waals surface area contributed by atoms with E-state index in [4.69, 9.17) is 0 Å². The van der Waals surface area contributed by atoms with E-state index in [0.29, 0.717) is 19.4 Å². The van der Waals surface area contributed by atoms with Gasteiger partial charge in [0, 0.05) is 18.2 Å². The van der Waals surface area contributed by atoms with E-state index in [9.17, 15) is 29.4 Å². The average Bonchev–Trinajstić information content (AvgIpc) is 3.11. The van der Waals surface area contributed by atoms with Gasteiger partial charge in [-0.3, -0.25) is 25.0 Å². The van der Waals surface area contributed by atoms with Gasteiger partial charge >= 0.3 is 0 Å². The molecule has 1 aliphatic rings. The van der Waals surface area contributed by atoms with Gasteiger partial charge in [0.1, 0.15) is 5.82 Å². The Morgan fingerprint density at radius 2 is 1.81 bits per heavy atom. The Bertz CT molecular complexity index is 929. The monoisotopic (exact) mass is 373 g/mol. The highest BCUT2D eigenvalue weighted by Gasteiger charge is 2.34.